The highest BCUT2D eigenvalue weighted by Gasteiger charge is 2.38. The van der Waals surface area contributed by atoms with Crippen LogP contribution in [0.3, 0.4) is 0 Å². The monoisotopic (exact) mass is 383 g/mol. The lowest BCUT2D eigenvalue weighted by Crippen LogP contribution is -2.45. The molecule has 0 fully saturated rings. The van der Waals surface area contributed by atoms with Gasteiger partial charge in [0.1, 0.15) is 23.3 Å². The molecule has 4 N–H and O–H groups in total. The molecule has 0 radical (unpaired) electrons. The molecule has 0 bridgehead atoms. The van der Waals surface area contributed by atoms with E-state index < -0.39 is 41.1 Å². The second kappa shape index (κ2) is 7.59. The normalized spacial score (nSPS) is 14.9. The highest BCUT2D eigenvalue weighted by molar-refractivity contribution is 6.01. The number of hydrogen-bond acceptors (Lipinski definition) is 5. The molecule has 2 amide bonds. The highest BCUT2D eigenvalue weighted by Crippen LogP contribution is 2.31. The first kappa shape index (κ1) is 20.8. The van der Waals surface area contributed by atoms with Gasteiger partial charge in [-0.1, -0.05) is 0 Å². The minimum Gasteiger partial charge on any atom is -0.460 e. The van der Waals surface area contributed by atoms with E-state index in [2.05, 4.69) is 0 Å². The third kappa shape index (κ3) is 4.41. The number of benzene rings is 1. The topological polar surface area (TPSA) is 116 Å². The number of halogens is 2. The summed E-state index contributed by atoms with van der Waals surface area (Å²) in [6.45, 7) is 4.47. The summed E-state index contributed by atoms with van der Waals surface area (Å²) in [7, 11) is 0. The van der Waals surface area contributed by atoms with Crippen molar-refractivity contribution in [2.24, 2.45) is 11.5 Å². The standard InChI is InChI=1S/C18H23F2N3O4/c1-18(2,3)27-14(24)5-4-13(16(22)25)23-8-11-9(17(23)26)6-12(19)10(7-21)15(11)20/h6,13H,4-5,7-8,21H2,1-3H3,(H2,22,25). The van der Waals surface area contributed by atoms with E-state index >= 15 is 0 Å². The molecule has 0 aromatic heterocycles. The smallest absolute Gasteiger partial charge is 0.306 e. The molecule has 0 spiro atoms. The number of nitrogens with zero attached hydrogens (tertiary/aromatic N) is 1. The quantitative estimate of drug-likeness (QED) is 0.720. The van der Waals surface area contributed by atoms with E-state index in [1.165, 1.54) is 0 Å². The summed E-state index contributed by atoms with van der Waals surface area (Å²) >= 11 is 0. The minimum atomic E-state index is -1.15. The first-order valence-corrected chi connectivity index (χ1v) is 8.48. The van der Waals surface area contributed by atoms with Gasteiger partial charge in [0.2, 0.25) is 5.91 Å². The Morgan fingerprint density at radius 2 is 1.96 bits per heavy atom. The lowest BCUT2D eigenvalue weighted by atomic mass is 10.0. The number of fused-ring (bicyclic) bond motifs is 1. The van der Waals surface area contributed by atoms with Crippen LogP contribution in [0.1, 0.15) is 55.1 Å². The van der Waals surface area contributed by atoms with E-state index in [0.717, 1.165) is 11.0 Å². The van der Waals surface area contributed by atoms with Crippen LogP contribution in [0.2, 0.25) is 0 Å². The molecule has 0 saturated heterocycles. The van der Waals surface area contributed by atoms with Crippen molar-refractivity contribution >= 4 is 17.8 Å². The van der Waals surface area contributed by atoms with E-state index in [4.69, 9.17) is 16.2 Å². The average molecular weight is 383 g/mol. The first-order chi connectivity index (χ1) is 12.5. The predicted octanol–water partition coefficient (Wildman–Crippen LogP) is 1.36. The van der Waals surface area contributed by atoms with Crippen molar-refractivity contribution < 1.29 is 27.9 Å². The van der Waals surface area contributed by atoms with Gasteiger partial charge in [0, 0.05) is 24.1 Å². The number of nitrogens with two attached hydrogens (primary N) is 2. The molecule has 1 atom stereocenters. The number of rotatable bonds is 6. The molecule has 148 valence electrons. The van der Waals surface area contributed by atoms with Gasteiger partial charge in [0.25, 0.3) is 5.91 Å². The molecule has 1 aromatic carbocycles. The van der Waals surface area contributed by atoms with Crippen LogP contribution < -0.4 is 11.5 Å². The maximum Gasteiger partial charge on any atom is 0.306 e. The summed E-state index contributed by atoms with van der Waals surface area (Å²) in [5, 5.41) is 0. The summed E-state index contributed by atoms with van der Waals surface area (Å²) < 4.78 is 33.6. The Morgan fingerprint density at radius 1 is 1.33 bits per heavy atom. The van der Waals surface area contributed by atoms with Gasteiger partial charge in [-0.3, -0.25) is 14.4 Å². The lowest BCUT2D eigenvalue weighted by Gasteiger charge is -2.25. The number of esters is 1. The fourth-order valence-corrected chi connectivity index (χ4v) is 2.99. The molecular formula is C18H23F2N3O4. The SMILES string of the molecule is CC(C)(C)OC(=O)CCC(C(N)=O)N1Cc2c(cc(F)c(CN)c2F)C1=O. The van der Waals surface area contributed by atoms with Gasteiger partial charge < -0.3 is 21.1 Å². The second-order valence-electron chi connectivity index (χ2n) is 7.36. The van der Waals surface area contributed by atoms with Gasteiger partial charge in [-0.15, -0.1) is 0 Å². The molecule has 0 saturated carbocycles. The largest absolute Gasteiger partial charge is 0.460 e. The van der Waals surface area contributed by atoms with Crippen molar-refractivity contribution in [1.29, 1.82) is 0 Å². The summed E-state index contributed by atoms with van der Waals surface area (Å²) in [4.78, 5) is 37.3. The summed E-state index contributed by atoms with van der Waals surface area (Å²) in [5.41, 5.74) is 9.49. The number of primary amides is 1. The molecule has 2 rings (SSSR count). The fraction of sp³-hybridized carbons (Fsp3) is 0.500. The van der Waals surface area contributed by atoms with Gasteiger partial charge >= 0.3 is 5.97 Å². The minimum absolute atomic E-state index is 0.0367. The lowest BCUT2D eigenvalue weighted by molar-refractivity contribution is -0.155. The third-order valence-corrected chi connectivity index (χ3v) is 4.18. The predicted molar refractivity (Wildman–Crippen MR) is 92.2 cm³/mol. The number of amides is 2. The Balaban J connectivity index is 2.22. The first-order valence-electron chi connectivity index (χ1n) is 8.48. The van der Waals surface area contributed by atoms with Gasteiger partial charge in [-0.25, -0.2) is 8.78 Å². The molecule has 1 aromatic rings. The van der Waals surface area contributed by atoms with Crippen LogP contribution in [0.15, 0.2) is 6.07 Å². The van der Waals surface area contributed by atoms with E-state index in [1.54, 1.807) is 20.8 Å². The maximum absolute atomic E-state index is 14.5. The van der Waals surface area contributed by atoms with Gasteiger partial charge in [0.05, 0.1) is 12.1 Å². The highest BCUT2D eigenvalue weighted by atomic mass is 19.1. The van der Waals surface area contributed by atoms with Crippen molar-refractivity contribution in [1.82, 2.24) is 4.90 Å². The fourth-order valence-electron chi connectivity index (χ4n) is 2.99. The summed E-state index contributed by atoms with van der Waals surface area (Å²) in [6.07, 6.45) is -0.242. The van der Waals surface area contributed by atoms with E-state index in [9.17, 15) is 23.2 Å². The van der Waals surface area contributed by atoms with Crippen LogP contribution in [-0.2, 0) is 27.4 Å². The van der Waals surface area contributed by atoms with Crippen LogP contribution in [-0.4, -0.2) is 34.3 Å². The Labute approximate surface area is 155 Å². The van der Waals surface area contributed by atoms with Gasteiger partial charge in [0.15, 0.2) is 0 Å². The van der Waals surface area contributed by atoms with Crippen LogP contribution in [0.25, 0.3) is 0 Å². The average Bonchev–Trinajstić information content (AvgIpc) is 2.83. The summed E-state index contributed by atoms with van der Waals surface area (Å²) in [6, 6.07) is -0.240. The molecule has 27 heavy (non-hydrogen) atoms. The zero-order chi connectivity index (χ0) is 20.5. The Morgan fingerprint density at radius 3 is 2.48 bits per heavy atom. The molecule has 1 unspecified atom stereocenters. The van der Waals surface area contributed by atoms with E-state index in [0.29, 0.717) is 0 Å². The molecule has 1 aliphatic heterocycles. The Hall–Kier alpha value is -2.55. The maximum atomic E-state index is 14.5. The van der Waals surface area contributed by atoms with E-state index in [1.807, 2.05) is 0 Å². The second-order valence-corrected chi connectivity index (χ2v) is 7.36. The Bertz CT molecular complexity index is 790. The molecule has 0 aliphatic carbocycles. The molecule has 1 heterocycles. The number of ether oxygens (including phenoxy) is 1. The van der Waals surface area contributed by atoms with Crippen LogP contribution in [0, 0.1) is 11.6 Å². The van der Waals surface area contributed by atoms with Gasteiger partial charge in [-0.2, -0.15) is 0 Å². The molecular weight excluding hydrogens is 360 g/mol. The van der Waals surface area contributed by atoms with Crippen molar-refractivity contribution in [3.8, 4) is 0 Å². The van der Waals surface area contributed by atoms with Crippen LogP contribution >= 0.6 is 0 Å². The third-order valence-electron chi connectivity index (χ3n) is 4.18. The molecule has 1 aliphatic rings. The van der Waals surface area contributed by atoms with Gasteiger partial charge in [-0.05, 0) is 33.3 Å². The number of carbonyl (C=O) groups is 3. The van der Waals surface area contributed by atoms with Crippen LogP contribution in [0.4, 0.5) is 8.78 Å². The van der Waals surface area contributed by atoms with Crippen molar-refractivity contribution in [2.75, 3.05) is 0 Å². The zero-order valence-corrected chi connectivity index (χ0v) is 15.5. The van der Waals surface area contributed by atoms with Crippen molar-refractivity contribution in [3.05, 3.63) is 34.4 Å². The molecule has 9 heteroatoms. The van der Waals surface area contributed by atoms with Crippen molar-refractivity contribution in [3.63, 3.8) is 0 Å². The van der Waals surface area contributed by atoms with E-state index in [-0.39, 0.29) is 42.6 Å². The zero-order valence-electron chi connectivity index (χ0n) is 15.5. The number of carbonyl (C=O) groups excluding carboxylic acids is 3. The summed E-state index contributed by atoms with van der Waals surface area (Å²) in [5.74, 6) is -3.95. The van der Waals surface area contributed by atoms with Crippen molar-refractivity contribution in [2.45, 2.75) is 58.3 Å². The number of hydrogen-bond donors (Lipinski definition) is 2. The molecule has 7 nitrogen and oxygen atoms in total. The Kier molecular flexibility index (Phi) is 5.84. The van der Waals surface area contributed by atoms with Crippen LogP contribution in [0.5, 0.6) is 0 Å².